The fourth-order valence-electron chi connectivity index (χ4n) is 2.51. The molecule has 1 heterocycles. The van der Waals surface area contributed by atoms with Gasteiger partial charge in [0, 0.05) is 22.8 Å². The molecule has 96 valence electrons. The van der Waals surface area contributed by atoms with Crippen molar-refractivity contribution in [3.05, 3.63) is 35.4 Å². The molecule has 0 spiro atoms. The van der Waals surface area contributed by atoms with Crippen LogP contribution in [-0.4, -0.2) is 28.3 Å². The zero-order valence-electron chi connectivity index (χ0n) is 10.4. The number of thioether (sulfide) groups is 2. The van der Waals surface area contributed by atoms with Gasteiger partial charge in [-0.1, -0.05) is 24.6 Å². The lowest BCUT2D eigenvalue weighted by Crippen LogP contribution is -2.24. The second-order valence-corrected chi connectivity index (χ2v) is 7.51. The van der Waals surface area contributed by atoms with Gasteiger partial charge in [-0.15, -0.1) is 11.8 Å². The molecule has 1 nitrogen and oxygen atoms in total. The molecule has 1 aromatic carbocycles. The first-order valence-electron chi connectivity index (χ1n) is 6.68. The van der Waals surface area contributed by atoms with E-state index in [1.54, 1.807) is 0 Å². The minimum absolute atomic E-state index is 0.181. The van der Waals surface area contributed by atoms with Crippen LogP contribution >= 0.6 is 23.5 Å². The molecule has 1 aliphatic heterocycles. The normalized spacial score (nSPS) is 24.6. The molecule has 1 atom stereocenters. The number of benzene rings is 1. The van der Waals surface area contributed by atoms with Crippen LogP contribution in [0.3, 0.4) is 0 Å². The van der Waals surface area contributed by atoms with Crippen LogP contribution in [-0.2, 0) is 0 Å². The largest absolute Gasteiger partial charge is 0.293 e. The number of carbonyl (C=O) groups is 1. The van der Waals surface area contributed by atoms with Crippen LogP contribution in [0.5, 0.6) is 0 Å². The number of Topliss-reactive ketones (excluding diaryl/α,β-unsaturated/α-hetero) is 1. The Labute approximate surface area is 117 Å². The predicted molar refractivity (Wildman–Crippen MR) is 80.9 cm³/mol. The van der Waals surface area contributed by atoms with E-state index in [0.717, 1.165) is 17.1 Å². The highest BCUT2D eigenvalue weighted by molar-refractivity contribution is 8.07. The van der Waals surface area contributed by atoms with Crippen molar-refractivity contribution in [2.75, 3.05) is 17.3 Å². The Bertz CT molecular complexity index is 434. The van der Waals surface area contributed by atoms with E-state index in [-0.39, 0.29) is 5.25 Å². The quantitative estimate of drug-likeness (QED) is 0.778. The van der Waals surface area contributed by atoms with Crippen LogP contribution < -0.4 is 0 Å². The van der Waals surface area contributed by atoms with Gasteiger partial charge in [-0.25, -0.2) is 0 Å². The van der Waals surface area contributed by atoms with Crippen LogP contribution in [0.2, 0.25) is 0 Å². The summed E-state index contributed by atoms with van der Waals surface area (Å²) in [5.41, 5.74) is 2.31. The Hall–Kier alpha value is -0.410. The summed E-state index contributed by atoms with van der Waals surface area (Å²) in [6, 6.07) is 8.38. The Balaban J connectivity index is 1.75. The van der Waals surface area contributed by atoms with E-state index < -0.39 is 0 Å². The molecule has 3 heteroatoms. The van der Waals surface area contributed by atoms with Crippen molar-refractivity contribution in [2.45, 2.75) is 30.4 Å². The molecule has 0 N–H and O–H groups in total. The van der Waals surface area contributed by atoms with Crippen LogP contribution in [0.25, 0.3) is 0 Å². The maximum absolute atomic E-state index is 12.4. The third-order valence-corrected chi connectivity index (χ3v) is 6.61. The molecule has 0 bridgehead atoms. The summed E-state index contributed by atoms with van der Waals surface area (Å²) in [5.74, 6) is 4.34. The van der Waals surface area contributed by atoms with E-state index in [2.05, 4.69) is 18.2 Å². The third-order valence-electron chi connectivity index (χ3n) is 3.86. The zero-order chi connectivity index (χ0) is 12.4. The van der Waals surface area contributed by atoms with Crippen molar-refractivity contribution in [3.8, 4) is 0 Å². The fraction of sp³-hybridized carbons (Fsp3) is 0.533. The average Bonchev–Trinajstić information content (AvgIpc) is 2.37. The Kier molecular flexibility index (Phi) is 4.00. The highest BCUT2D eigenvalue weighted by atomic mass is 32.2. The molecule has 2 aliphatic rings. The minimum atomic E-state index is 0.181. The van der Waals surface area contributed by atoms with Gasteiger partial charge < -0.3 is 0 Å². The van der Waals surface area contributed by atoms with Gasteiger partial charge in [-0.2, -0.15) is 11.8 Å². The van der Waals surface area contributed by atoms with E-state index in [0.29, 0.717) is 11.7 Å². The number of carbonyl (C=O) groups excluding carboxylic acids is 1. The van der Waals surface area contributed by atoms with E-state index in [4.69, 9.17) is 0 Å². The lowest BCUT2D eigenvalue weighted by Gasteiger charge is -2.26. The smallest absolute Gasteiger partial charge is 0.176 e. The SMILES string of the molecule is O=C(c1cccc(C2CCC2)c1)C1CSCCS1. The highest BCUT2D eigenvalue weighted by Crippen LogP contribution is 2.37. The first kappa shape index (κ1) is 12.6. The average molecular weight is 278 g/mol. The Morgan fingerprint density at radius 2 is 2.11 bits per heavy atom. The van der Waals surface area contributed by atoms with Crippen molar-refractivity contribution in [1.29, 1.82) is 0 Å². The van der Waals surface area contributed by atoms with Crippen molar-refractivity contribution in [3.63, 3.8) is 0 Å². The van der Waals surface area contributed by atoms with Gasteiger partial charge in [0.1, 0.15) is 0 Å². The van der Waals surface area contributed by atoms with Crippen molar-refractivity contribution >= 4 is 29.3 Å². The fourth-order valence-corrected chi connectivity index (χ4v) is 5.15. The predicted octanol–water partition coefficient (Wildman–Crippen LogP) is 3.99. The summed E-state index contributed by atoms with van der Waals surface area (Å²) in [6.07, 6.45) is 3.94. The maximum atomic E-state index is 12.4. The molecule has 1 aromatic rings. The van der Waals surface area contributed by atoms with Gasteiger partial charge in [-0.05, 0) is 30.4 Å². The summed E-state index contributed by atoms with van der Waals surface area (Å²) >= 11 is 3.74. The molecule has 0 radical (unpaired) electrons. The molecule has 1 saturated carbocycles. The number of rotatable bonds is 3. The summed E-state index contributed by atoms with van der Waals surface area (Å²) in [7, 11) is 0. The molecule has 1 unspecified atom stereocenters. The van der Waals surface area contributed by atoms with Crippen molar-refractivity contribution in [2.24, 2.45) is 0 Å². The molecular weight excluding hydrogens is 260 g/mol. The van der Waals surface area contributed by atoms with E-state index in [1.165, 1.54) is 30.6 Å². The van der Waals surface area contributed by atoms with Gasteiger partial charge in [0.25, 0.3) is 0 Å². The van der Waals surface area contributed by atoms with E-state index in [9.17, 15) is 4.79 Å². The molecule has 0 aromatic heterocycles. The molecule has 0 amide bonds. The summed E-state index contributed by atoms with van der Waals surface area (Å²) in [5, 5.41) is 0.181. The molecule has 2 fully saturated rings. The third kappa shape index (κ3) is 2.62. The Morgan fingerprint density at radius 3 is 2.78 bits per heavy atom. The van der Waals surface area contributed by atoms with Crippen LogP contribution in [0.4, 0.5) is 0 Å². The number of hydrogen-bond donors (Lipinski definition) is 0. The van der Waals surface area contributed by atoms with Crippen molar-refractivity contribution in [1.82, 2.24) is 0 Å². The second-order valence-electron chi connectivity index (χ2n) is 5.05. The zero-order valence-corrected chi connectivity index (χ0v) is 12.1. The first-order valence-corrected chi connectivity index (χ1v) is 8.88. The second kappa shape index (κ2) is 5.70. The number of ketones is 1. The standard InChI is InChI=1S/C15H18OS2/c16-15(14-10-17-7-8-18-14)13-6-2-5-12(9-13)11-3-1-4-11/h2,5-6,9,11,14H,1,3-4,7-8,10H2. The van der Waals surface area contributed by atoms with Gasteiger partial charge in [0.15, 0.2) is 5.78 Å². The monoisotopic (exact) mass is 278 g/mol. The summed E-state index contributed by atoms with van der Waals surface area (Å²) < 4.78 is 0. The first-order chi connectivity index (χ1) is 8.84. The van der Waals surface area contributed by atoms with Gasteiger partial charge >= 0.3 is 0 Å². The molecule has 18 heavy (non-hydrogen) atoms. The highest BCUT2D eigenvalue weighted by Gasteiger charge is 2.25. The number of hydrogen-bond acceptors (Lipinski definition) is 3. The van der Waals surface area contributed by atoms with Gasteiger partial charge in [0.05, 0.1) is 5.25 Å². The van der Waals surface area contributed by atoms with Gasteiger partial charge in [0.2, 0.25) is 0 Å². The summed E-state index contributed by atoms with van der Waals surface area (Å²) in [4.78, 5) is 12.4. The molecular formula is C15H18OS2. The lowest BCUT2D eigenvalue weighted by atomic mass is 9.79. The topological polar surface area (TPSA) is 17.1 Å². The Morgan fingerprint density at radius 1 is 1.22 bits per heavy atom. The lowest BCUT2D eigenvalue weighted by molar-refractivity contribution is 0.0995. The molecule has 1 aliphatic carbocycles. The molecule has 3 rings (SSSR count). The van der Waals surface area contributed by atoms with Crippen LogP contribution in [0.15, 0.2) is 24.3 Å². The van der Waals surface area contributed by atoms with Gasteiger partial charge in [-0.3, -0.25) is 4.79 Å². The van der Waals surface area contributed by atoms with Crippen LogP contribution in [0, 0.1) is 0 Å². The van der Waals surface area contributed by atoms with E-state index >= 15 is 0 Å². The summed E-state index contributed by atoms with van der Waals surface area (Å²) in [6.45, 7) is 0. The van der Waals surface area contributed by atoms with Crippen molar-refractivity contribution < 1.29 is 4.79 Å². The van der Waals surface area contributed by atoms with Crippen LogP contribution in [0.1, 0.15) is 41.1 Å². The molecule has 1 saturated heterocycles. The van der Waals surface area contributed by atoms with E-state index in [1.807, 2.05) is 29.6 Å². The maximum Gasteiger partial charge on any atom is 0.176 e. The minimum Gasteiger partial charge on any atom is -0.293 e.